The maximum absolute atomic E-state index is 12.6. The van der Waals surface area contributed by atoms with Gasteiger partial charge in [0.25, 0.3) is 0 Å². The Morgan fingerprint density at radius 3 is 2.14 bits per heavy atom. The van der Waals surface area contributed by atoms with Gasteiger partial charge in [-0.1, -0.05) is 87.5 Å². The van der Waals surface area contributed by atoms with Crippen LogP contribution in [0.5, 0.6) is 0 Å². The molecule has 0 heterocycles. The first-order valence-electron chi connectivity index (χ1n) is 10.3. The first-order chi connectivity index (χ1) is 13.6. The molecule has 4 rings (SSSR count). The molecule has 1 aromatic carbocycles. The molecule has 0 radical (unpaired) electrons. The molecule has 0 N–H and O–H groups in total. The summed E-state index contributed by atoms with van der Waals surface area (Å²) in [4.78, 5) is 24.5. The minimum atomic E-state index is 0.106. The van der Waals surface area contributed by atoms with Gasteiger partial charge in [-0.3, -0.25) is 9.59 Å². The number of carbonyl (C=O) groups is 2. The summed E-state index contributed by atoms with van der Waals surface area (Å²) >= 11 is 6.62. The molecule has 2 saturated carbocycles. The molecule has 2 nitrogen and oxygen atoms in total. The van der Waals surface area contributed by atoms with Crippen LogP contribution in [0.25, 0.3) is 5.57 Å². The summed E-state index contributed by atoms with van der Waals surface area (Å²) in [5.74, 6) is 1.09. The number of benzene rings is 1. The molecule has 3 aliphatic rings. The van der Waals surface area contributed by atoms with Crippen LogP contribution in [0.4, 0.5) is 0 Å². The van der Waals surface area contributed by atoms with Crippen LogP contribution in [-0.4, -0.2) is 22.2 Å². The van der Waals surface area contributed by atoms with Crippen LogP contribution in [0.15, 0.2) is 42.0 Å². The Hall–Kier alpha value is -1.00. The Labute approximate surface area is 184 Å². The Kier molecular flexibility index (Phi) is 6.08. The molecule has 4 heteroatoms. The van der Waals surface area contributed by atoms with Crippen molar-refractivity contribution in [2.24, 2.45) is 17.3 Å². The standard InChI is InChI=1S/C24H26Br2O2/c25-14-22(27)17-6-4-16(5-7-17)18-8-9-19(23(28)15-26)21-13-24(12-20(18)21)10-2-1-3-11-24/h4-9,20-21H,1-3,10-15H2. The van der Waals surface area contributed by atoms with E-state index in [9.17, 15) is 9.59 Å². The number of hydrogen-bond donors (Lipinski definition) is 0. The van der Waals surface area contributed by atoms with Gasteiger partial charge in [-0.2, -0.15) is 0 Å². The van der Waals surface area contributed by atoms with E-state index in [0.29, 0.717) is 27.9 Å². The van der Waals surface area contributed by atoms with Gasteiger partial charge in [0.1, 0.15) is 0 Å². The molecule has 2 fully saturated rings. The molecular weight excluding hydrogens is 480 g/mol. The number of ketones is 2. The number of allylic oxidation sites excluding steroid dienone is 4. The normalized spacial score (nSPS) is 25.8. The Morgan fingerprint density at radius 2 is 1.50 bits per heavy atom. The zero-order valence-corrected chi connectivity index (χ0v) is 19.2. The molecule has 148 valence electrons. The van der Waals surface area contributed by atoms with Crippen LogP contribution in [0.3, 0.4) is 0 Å². The lowest BCUT2D eigenvalue weighted by Gasteiger charge is -2.33. The van der Waals surface area contributed by atoms with E-state index >= 15 is 0 Å². The van der Waals surface area contributed by atoms with E-state index in [0.717, 1.165) is 17.6 Å². The molecule has 0 bridgehead atoms. The van der Waals surface area contributed by atoms with E-state index in [1.807, 2.05) is 12.1 Å². The van der Waals surface area contributed by atoms with Crippen molar-refractivity contribution in [3.8, 4) is 0 Å². The van der Waals surface area contributed by atoms with Gasteiger partial charge in [0.05, 0.1) is 10.7 Å². The highest BCUT2D eigenvalue weighted by molar-refractivity contribution is 9.09. The summed E-state index contributed by atoms with van der Waals surface area (Å²) in [5.41, 5.74) is 4.70. The minimum Gasteiger partial charge on any atom is -0.294 e. The summed E-state index contributed by atoms with van der Waals surface area (Å²) in [5, 5.41) is 0.755. The maximum Gasteiger partial charge on any atom is 0.173 e. The van der Waals surface area contributed by atoms with E-state index < -0.39 is 0 Å². The van der Waals surface area contributed by atoms with Gasteiger partial charge in [0, 0.05) is 5.56 Å². The Bertz CT molecular complexity index is 829. The zero-order valence-electron chi connectivity index (χ0n) is 16.1. The highest BCUT2D eigenvalue weighted by atomic mass is 79.9. The molecule has 0 aromatic heterocycles. The number of hydrogen-bond acceptors (Lipinski definition) is 2. The molecule has 1 spiro atoms. The fraction of sp³-hybridized carbons (Fsp3) is 0.500. The maximum atomic E-state index is 12.6. The third-order valence-corrected chi connectivity index (χ3v) is 8.07. The Morgan fingerprint density at radius 1 is 0.857 bits per heavy atom. The number of Topliss-reactive ketones (excluding diaryl/α,β-unsaturated/α-hetero) is 2. The van der Waals surface area contributed by atoms with Gasteiger partial charge in [0.2, 0.25) is 0 Å². The second-order valence-electron chi connectivity index (χ2n) is 8.62. The van der Waals surface area contributed by atoms with Crippen LogP contribution in [0.2, 0.25) is 0 Å². The van der Waals surface area contributed by atoms with Crippen molar-refractivity contribution in [2.45, 2.75) is 44.9 Å². The zero-order chi connectivity index (χ0) is 19.7. The van der Waals surface area contributed by atoms with E-state index in [1.165, 1.54) is 49.7 Å². The van der Waals surface area contributed by atoms with Crippen LogP contribution >= 0.6 is 31.9 Å². The minimum absolute atomic E-state index is 0.106. The van der Waals surface area contributed by atoms with Crippen LogP contribution in [0.1, 0.15) is 60.9 Å². The van der Waals surface area contributed by atoms with Crippen molar-refractivity contribution >= 4 is 49.0 Å². The molecule has 2 atom stereocenters. The summed E-state index contributed by atoms with van der Waals surface area (Å²) in [6, 6.07) is 8.03. The smallest absolute Gasteiger partial charge is 0.173 e. The van der Waals surface area contributed by atoms with Crippen LogP contribution in [-0.2, 0) is 4.79 Å². The quantitative estimate of drug-likeness (QED) is 0.336. The van der Waals surface area contributed by atoms with E-state index in [4.69, 9.17) is 0 Å². The van der Waals surface area contributed by atoms with Crippen molar-refractivity contribution in [2.75, 3.05) is 10.7 Å². The first-order valence-corrected chi connectivity index (χ1v) is 12.5. The van der Waals surface area contributed by atoms with Crippen molar-refractivity contribution in [1.82, 2.24) is 0 Å². The lowest BCUT2D eigenvalue weighted by molar-refractivity contribution is -0.113. The van der Waals surface area contributed by atoms with E-state index in [-0.39, 0.29) is 11.6 Å². The third-order valence-electron chi connectivity index (χ3n) is 7.05. The molecular formula is C24H26Br2O2. The second kappa shape index (κ2) is 8.39. The van der Waals surface area contributed by atoms with E-state index in [2.05, 4.69) is 56.1 Å². The van der Waals surface area contributed by atoms with Gasteiger partial charge in [-0.05, 0) is 59.6 Å². The van der Waals surface area contributed by atoms with Gasteiger partial charge in [-0.15, -0.1) is 0 Å². The van der Waals surface area contributed by atoms with Crippen LogP contribution in [0, 0.1) is 17.3 Å². The second-order valence-corrected chi connectivity index (χ2v) is 9.74. The highest BCUT2D eigenvalue weighted by Gasteiger charge is 2.49. The van der Waals surface area contributed by atoms with Crippen molar-refractivity contribution in [1.29, 1.82) is 0 Å². The highest BCUT2D eigenvalue weighted by Crippen LogP contribution is 2.59. The monoisotopic (exact) mass is 504 g/mol. The van der Waals surface area contributed by atoms with Gasteiger partial charge in [0.15, 0.2) is 11.6 Å². The topological polar surface area (TPSA) is 34.1 Å². The Balaban J connectivity index is 1.68. The fourth-order valence-corrected chi connectivity index (χ4v) is 6.35. The molecule has 28 heavy (non-hydrogen) atoms. The van der Waals surface area contributed by atoms with Gasteiger partial charge >= 0.3 is 0 Å². The lowest BCUT2D eigenvalue weighted by Crippen LogP contribution is -2.22. The molecule has 0 amide bonds. The van der Waals surface area contributed by atoms with Gasteiger partial charge < -0.3 is 0 Å². The number of alkyl halides is 2. The largest absolute Gasteiger partial charge is 0.294 e. The SMILES string of the molecule is O=C(CBr)C1=CC=C(c2ccc(C(=O)CBr)cc2)C2CC3(CCCCC3)CC12. The van der Waals surface area contributed by atoms with Crippen molar-refractivity contribution in [3.05, 3.63) is 53.1 Å². The number of carbonyl (C=O) groups excluding carboxylic acids is 2. The molecule has 0 saturated heterocycles. The molecule has 2 unspecified atom stereocenters. The number of fused-ring (bicyclic) bond motifs is 1. The molecule has 3 aliphatic carbocycles. The predicted molar refractivity (Wildman–Crippen MR) is 121 cm³/mol. The van der Waals surface area contributed by atoms with Crippen molar-refractivity contribution < 1.29 is 9.59 Å². The predicted octanol–water partition coefficient (Wildman–Crippen LogP) is 6.53. The van der Waals surface area contributed by atoms with Gasteiger partial charge in [-0.25, -0.2) is 0 Å². The number of halogens is 2. The lowest BCUT2D eigenvalue weighted by atomic mass is 9.72. The molecule has 0 aliphatic heterocycles. The summed E-state index contributed by atoms with van der Waals surface area (Å²) < 4.78 is 0. The average molecular weight is 506 g/mol. The van der Waals surface area contributed by atoms with Crippen molar-refractivity contribution in [3.63, 3.8) is 0 Å². The fourth-order valence-electron chi connectivity index (χ4n) is 5.70. The summed E-state index contributed by atoms with van der Waals surface area (Å²) in [7, 11) is 0. The summed E-state index contributed by atoms with van der Waals surface area (Å²) in [6.07, 6.45) is 13.2. The molecule has 1 aromatic rings. The van der Waals surface area contributed by atoms with E-state index in [1.54, 1.807) is 0 Å². The summed E-state index contributed by atoms with van der Waals surface area (Å²) in [6.45, 7) is 0. The third kappa shape index (κ3) is 3.75. The average Bonchev–Trinajstić information content (AvgIpc) is 3.10. The number of rotatable bonds is 5. The first kappa shape index (κ1) is 20.3. The van der Waals surface area contributed by atoms with Crippen LogP contribution < -0.4 is 0 Å².